The summed E-state index contributed by atoms with van der Waals surface area (Å²) in [6.07, 6.45) is 3.84. The number of rotatable bonds is 2. The monoisotopic (exact) mass is 267 g/mol. The van der Waals surface area contributed by atoms with Gasteiger partial charge in [-0.15, -0.1) is 11.3 Å². The zero-order valence-corrected chi connectivity index (χ0v) is 12.2. The molecule has 0 radical (unpaired) electrons. The van der Waals surface area contributed by atoms with E-state index in [-0.39, 0.29) is 11.5 Å². The van der Waals surface area contributed by atoms with E-state index in [1.54, 1.807) is 11.3 Å². The average molecular weight is 267 g/mol. The summed E-state index contributed by atoms with van der Waals surface area (Å²) < 4.78 is 2.92. The van der Waals surface area contributed by atoms with Crippen LogP contribution in [-0.2, 0) is 5.41 Å². The molecule has 0 amide bonds. The van der Waals surface area contributed by atoms with Crippen molar-refractivity contribution in [1.82, 2.24) is 14.5 Å². The van der Waals surface area contributed by atoms with Gasteiger partial charge in [-0.25, -0.2) is 4.98 Å². The van der Waals surface area contributed by atoms with Crippen LogP contribution in [0.1, 0.15) is 44.4 Å². The SMILES string of the molecule is CC(c1nccs1)n1c(C(C)(C)C)c[nH]c1=S. The molecular weight excluding hydrogens is 250 g/mol. The number of thiazole rings is 1. The number of hydrogen-bond donors (Lipinski definition) is 1. The number of aromatic amines is 1. The van der Waals surface area contributed by atoms with Gasteiger partial charge < -0.3 is 9.55 Å². The molecular formula is C12H17N3S2. The van der Waals surface area contributed by atoms with Crippen molar-refractivity contribution < 1.29 is 0 Å². The molecule has 2 aromatic rings. The summed E-state index contributed by atoms with van der Waals surface area (Å²) in [6, 6.07) is 0.183. The molecule has 1 N–H and O–H groups in total. The molecule has 0 bridgehead atoms. The molecule has 2 rings (SSSR count). The van der Waals surface area contributed by atoms with Crippen LogP contribution in [0.4, 0.5) is 0 Å². The zero-order valence-electron chi connectivity index (χ0n) is 10.5. The highest BCUT2D eigenvalue weighted by molar-refractivity contribution is 7.71. The van der Waals surface area contributed by atoms with Crippen molar-refractivity contribution in [3.05, 3.63) is 33.2 Å². The molecule has 0 aromatic carbocycles. The third-order valence-corrected chi connectivity index (χ3v) is 4.04. The lowest BCUT2D eigenvalue weighted by molar-refractivity contribution is 0.494. The normalized spacial score (nSPS) is 13.9. The molecule has 0 saturated carbocycles. The second-order valence-electron chi connectivity index (χ2n) is 5.15. The highest BCUT2D eigenvalue weighted by Crippen LogP contribution is 2.28. The van der Waals surface area contributed by atoms with Crippen molar-refractivity contribution in [2.75, 3.05) is 0 Å². The fraction of sp³-hybridized carbons (Fsp3) is 0.500. The van der Waals surface area contributed by atoms with Gasteiger partial charge in [-0.05, 0) is 19.1 Å². The lowest BCUT2D eigenvalue weighted by Gasteiger charge is -2.23. The molecule has 0 aliphatic rings. The second-order valence-corrected chi connectivity index (χ2v) is 6.46. The predicted molar refractivity (Wildman–Crippen MR) is 74.2 cm³/mol. The molecule has 2 aromatic heterocycles. The number of imidazole rings is 1. The van der Waals surface area contributed by atoms with E-state index in [2.05, 4.69) is 42.2 Å². The minimum absolute atomic E-state index is 0.0685. The van der Waals surface area contributed by atoms with Crippen molar-refractivity contribution in [3.63, 3.8) is 0 Å². The second kappa shape index (κ2) is 4.38. The Bertz CT molecular complexity index is 543. The maximum Gasteiger partial charge on any atom is 0.178 e. The maximum absolute atomic E-state index is 5.38. The van der Waals surface area contributed by atoms with Crippen LogP contribution >= 0.6 is 23.6 Å². The predicted octanol–water partition coefficient (Wildman–Crippen LogP) is 3.91. The quantitative estimate of drug-likeness (QED) is 0.837. The first-order valence-electron chi connectivity index (χ1n) is 5.61. The zero-order chi connectivity index (χ0) is 12.6. The molecule has 0 fully saturated rings. The molecule has 0 spiro atoms. The van der Waals surface area contributed by atoms with Crippen molar-refractivity contribution in [2.45, 2.75) is 39.2 Å². The van der Waals surface area contributed by atoms with Crippen LogP contribution in [0, 0.1) is 4.77 Å². The average Bonchev–Trinajstić information content (AvgIpc) is 2.83. The third-order valence-electron chi connectivity index (χ3n) is 2.78. The Labute approximate surface area is 111 Å². The first-order valence-corrected chi connectivity index (χ1v) is 6.90. The summed E-state index contributed by atoms with van der Waals surface area (Å²) in [7, 11) is 0. The van der Waals surface area contributed by atoms with Crippen LogP contribution in [0.3, 0.4) is 0 Å². The summed E-state index contributed by atoms with van der Waals surface area (Å²) in [6.45, 7) is 8.71. The summed E-state index contributed by atoms with van der Waals surface area (Å²) in [4.78, 5) is 7.52. The Morgan fingerprint density at radius 2 is 2.18 bits per heavy atom. The van der Waals surface area contributed by atoms with Crippen LogP contribution < -0.4 is 0 Å². The molecule has 0 saturated heterocycles. The molecule has 0 aliphatic carbocycles. The Morgan fingerprint density at radius 3 is 2.71 bits per heavy atom. The summed E-state index contributed by atoms with van der Waals surface area (Å²) in [5, 5.41) is 3.09. The number of nitrogens with zero attached hydrogens (tertiary/aromatic N) is 2. The van der Waals surface area contributed by atoms with E-state index in [0.29, 0.717) is 0 Å². The van der Waals surface area contributed by atoms with Gasteiger partial charge in [-0.2, -0.15) is 0 Å². The Balaban J connectivity index is 2.52. The molecule has 2 heterocycles. The first kappa shape index (κ1) is 12.5. The van der Waals surface area contributed by atoms with Gasteiger partial charge in [0.2, 0.25) is 0 Å². The van der Waals surface area contributed by atoms with E-state index in [1.807, 2.05) is 17.8 Å². The van der Waals surface area contributed by atoms with Crippen molar-refractivity contribution in [1.29, 1.82) is 0 Å². The van der Waals surface area contributed by atoms with Crippen molar-refractivity contribution in [3.8, 4) is 0 Å². The van der Waals surface area contributed by atoms with Gasteiger partial charge >= 0.3 is 0 Å². The van der Waals surface area contributed by atoms with Gasteiger partial charge in [-0.1, -0.05) is 20.8 Å². The molecule has 5 heteroatoms. The minimum Gasteiger partial charge on any atom is -0.337 e. The highest BCUT2D eigenvalue weighted by atomic mass is 32.1. The first-order chi connectivity index (χ1) is 7.91. The Kier molecular flexibility index (Phi) is 3.23. The summed E-state index contributed by atoms with van der Waals surface area (Å²) >= 11 is 7.04. The van der Waals surface area contributed by atoms with E-state index in [1.165, 1.54) is 5.69 Å². The van der Waals surface area contributed by atoms with E-state index >= 15 is 0 Å². The molecule has 3 nitrogen and oxygen atoms in total. The number of H-pyrrole nitrogens is 1. The maximum atomic E-state index is 5.38. The smallest absolute Gasteiger partial charge is 0.178 e. The molecule has 1 atom stereocenters. The van der Waals surface area contributed by atoms with Gasteiger partial charge in [0, 0.05) is 28.9 Å². The Morgan fingerprint density at radius 1 is 1.47 bits per heavy atom. The topological polar surface area (TPSA) is 33.6 Å². The number of hydrogen-bond acceptors (Lipinski definition) is 3. The van der Waals surface area contributed by atoms with Crippen LogP contribution in [0.2, 0.25) is 0 Å². The number of nitrogens with one attached hydrogen (secondary N) is 1. The van der Waals surface area contributed by atoms with Gasteiger partial charge in [0.15, 0.2) is 4.77 Å². The van der Waals surface area contributed by atoms with Crippen LogP contribution in [0.15, 0.2) is 17.8 Å². The van der Waals surface area contributed by atoms with Gasteiger partial charge in [0.05, 0.1) is 6.04 Å². The van der Waals surface area contributed by atoms with Crippen molar-refractivity contribution >= 4 is 23.6 Å². The van der Waals surface area contributed by atoms with Gasteiger partial charge in [0.25, 0.3) is 0 Å². The largest absolute Gasteiger partial charge is 0.337 e. The Hall–Kier alpha value is -0.940. The minimum atomic E-state index is 0.0685. The lowest BCUT2D eigenvalue weighted by atomic mass is 9.92. The van der Waals surface area contributed by atoms with E-state index < -0.39 is 0 Å². The molecule has 1 unspecified atom stereocenters. The molecule has 0 aliphatic heterocycles. The number of aromatic nitrogens is 3. The third kappa shape index (κ3) is 2.35. The van der Waals surface area contributed by atoms with Crippen LogP contribution in [0.5, 0.6) is 0 Å². The van der Waals surface area contributed by atoms with E-state index in [4.69, 9.17) is 12.2 Å². The lowest BCUT2D eigenvalue weighted by Crippen LogP contribution is -2.20. The molecule has 17 heavy (non-hydrogen) atoms. The summed E-state index contributed by atoms with van der Waals surface area (Å²) in [5.74, 6) is 0. The van der Waals surface area contributed by atoms with Crippen molar-refractivity contribution in [2.24, 2.45) is 0 Å². The molecule has 92 valence electrons. The van der Waals surface area contributed by atoms with Crippen LogP contribution in [0.25, 0.3) is 0 Å². The highest BCUT2D eigenvalue weighted by Gasteiger charge is 2.23. The van der Waals surface area contributed by atoms with Gasteiger partial charge in [-0.3, -0.25) is 0 Å². The van der Waals surface area contributed by atoms with Gasteiger partial charge in [0.1, 0.15) is 5.01 Å². The fourth-order valence-electron chi connectivity index (χ4n) is 1.89. The van der Waals surface area contributed by atoms with Crippen LogP contribution in [-0.4, -0.2) is 14.5 Å². The summed E-state index contributed by atoms with van der Waals surface area (Å²) in [5.41, 5.74) is 1.28. The van der Waals surface area contributed by atoms with E-state index in [0.717, 1.165) is 9.78 Å². The van der Waals surface area contributed by atoms with E-state index in [9.17, 15) is 0 Å². The standard InChI is InChI=1S/C12H17N3S2/c1-8(10-13-5-6-17-10)15-9(12(2,3)4)7-14-11(15)16/h5-8H,1-4H3,(H,14,16). The fourth-order valence-corrected chi connectivity index (χ4v) is 2.89.